The Balaban J connectivity index is 2.13. The van der Waals surface area contributed by atoms with Crippen LogP contribution in [0.1, 0.15) is 25.1 Å². The highest BCUT2D eigenvalue weighted by atomic mass is 15.4. The minimum atomic E-state index is -0.128. The lowest BCUT2D eigenvalue weighted by atomic mass is 9.75. The number of aromatic nitrogens is 3. The zero-order chi connectivity index (χ0) is 9.47. The summed E-state index contributed by atoms with van der Waals surface area (Å²) in [5.74, 6) is 6.50. The van der Waals surface area contributed by atoms with Gasteiger partial charge in [-0.3, -0.25) is 0 Å². The van der Waals surface area contributed by atoms with Gasteiger partial charge in [0.15, 0.2) is 5.82 Å². The van der Waals surface area contributed by atoms with Crippen LogP contribution in [0, 0.1) is 0 Å². The van der Waals surface area contributed by atoms with Crippen LogP contribution in [0.25, 0.3) is 0 Å². The first-order chi connectivity index (χ1) is 6.11. The number of nitrogens with two attached hydrogens (primary N) is 3. The number of nitrogen functional groups attached to an aromatic ring is 2. The van der Waals surface area contributed by atoms with Crippen molar-refractivity contribution in [3.05, 3.63) is 5.82 Å². The molecule has 6 heteroatoms. The molecule has 1 aliphatic carbocycles. The number of rotatable bonds is 2. The van der Waals surface area contributed by atoms with Crippen molar-refractivity contribution in [3.63, 3.8) is 0 Å². The fraction of sp³-hybridized carbons (Fsp3) is 0.714. The lowest BCUT2D eigenvalue weighted by Gasteiger charge is -2.37. The first-order valence-corrected chi connectivity index (χ1v) is 4.34. The zero-order valence-corrected chi connectivity index (χ0v) is 7.40. The van der Waals surface area contributed by atoms with Crippen LogP contribution in [0.5, 0.6) is 0 Å². The van der Waals surface area contributed by atoms with Crippen LogP contribution in [0.2, 0.25) is 0 Å². The number of hydrogen-bond acceptors (Lipinski definition) is 5. The van der Waals surface area contributed by atoms with E-state index in [9.17, 15) is 0 Å². The molecule has 13 heavy (non-hydrogen) atoms. The summed E-state index contributed by atoms with van der Waals surface area (Å²) in [6.07, 6.45) is 3.90. The van der Waals surface area contributed by atoms with Crippen LogP contribution in [0.3, 0.4) is 0 Å². The summed E-state index contributed by atoms with van der Waals surface area (Å²) in [6.45, 7) is 0. The second kappa shape index (κ2) is 2.59. The third kappa shape index (κ3) is 1.33. The van der Waals surface area contributed by atoms with Crippen LogP contribution in [0.4, 0.5) is 5.95 Å². The van der Waals surface area contributed by atoms with Gasteiger partial charge in [0, 0.05) is 12.0 Å². The second-order valence-electron chi connectivity index (χ2n) is 3.74. The standard InChI is InChI=1S/C7H14N6/c8-6-12-11-5(13(6)10)4-7(9)2-1-3-7/h1-4,9-10H2,(H2,8,12). The van der Waals surface area contributed by atoms with Crippen LogP contribution in [-0.2, 0) is 6.42 Å². The summed E-state index contributed by atoms with van der Waals surface area (Å²) in [7, 11) is 0. The van der Waals surface area contributed by atoms with Gasteiger partial charge in [-0.25, -0.2) is 4.68 Å². The van der Waals surface area contributed by atoms with Crippen LogP contribution >= 0.6 is 0 Å². The highest BCUT2D eigenvalue weighted by Gasteiger charge is 2.34. The summed E-state index contributed by atoms with van der Waals surface area (Å²) in [6, 6.07) is 0. The van der Waals surface area contributed by atoms with Gasteiger partial charge in [0.2, 0.25) is 5.95 Å². The van der Waals surface area contributed by atoms with E-state index in [0.717, 1.165) is 12.8 Å². The molecule has 1 aromatic heterocycles. The maximum absolute atomic E-state index is 6.04. The largest absolute Gasteiger partial charge is 0.366 e. The van der Waals surface area contributed by atoms with E-state index in [1.165, 1.54) is 11.1 Å². The molecule has 2 rings (SSSR count). The first-order valence-electron chi connectivity index (χ1n) is 4.34. The lowest BCUT2D eigenvalue weighted by molar-refractivity contribution is 0.242. The number of anilines is 1. The summed E-state index contributed by atoms with van der Waals surface area (Å²) < 4.78 is 1.30. The van der Waals surface area contributed by atoms with Crippen LogP contribution in [0.15, 0.2) is 0 Å². The molecular formula is C7H14N6. The smallest absolute Gasteiger partial charge is 0.240 e. The molecule has 1 heterocycles. The fourth-order valence-electron chi connectivity index (χ4n) is 1.58. The van der Waals surface area contributed by atoms with Crippen molar-refractivity contribution in [1.82, 2.24) is 14.9 Å². The quantitative estimate of drug-likeness (QED) is 0.508. The van der Waals surface area contributed by atoms with Crippen molar-refractivity contribution in [1.29, 1.82) is 0 Å². The molecule has 1 aromatic rings. The summed E-state index contributed by atoms with van der Waals surface area (Å²) in [4.78, 5) is 0. The Morgan fingerprint density at radius 2 is 2.08 bits per heavy atom. The fourth-order valence-corrected chi connectivity index (χ4v) is 1.58. The van der Waals surface area contributed by atoms with Crippen molar-refractivity contribution in [2.75, 3.05) is 11.6 Å². The minimum Gasteiger partial charge on any atom is -0.366 e. The summed E-state index contributed by atoms with van der Waals surface area (Å²) >= 11 is 0. The molecule has 1 aliphatic rings. The Hall–Kier alpha value is -1.30. The van der Waals surface area contributed by atoms with E-state index in [1.54, 1.807) is 0 Å². The molecule has 6 N–H and O–H groups in total. The average molecular weight is 182 g/mol. The molecule has 72 valence electrons. The molecule has 0 aromatic carbocycles. The van der Waals surface area contributed by atoms with Gasteiger partial charge in [0.1, 0.15) is 0 Å². The minimum absolute atomic E-state index is 0.128. The molecule has 0 atom stereocenters. The SMILES string of the molecule is Nc1nnc(CC2(N)CCC2)n1N. The second-order valence-corrected chi connectivity index (χ2v) is 3.74. The van der Waals surface area contributed by atoms with Crippen LogP contribution in [-0.4, -0.2) is 20.4 Å². The molecule has 1 fully saturated rings. The topological polar surface area (TPSA) is 109 Å². The van der Waals surface area contributed by atoms with Crippen molar-refractivity contribution in [2.45, 2.75) is 31.2 Å². The average Bonchev–Trinajstić information content (AvgIpc) is 2.33. The number of nitrogens with zero attached hydrogens (tertiary/aromatic N) is 3. The molecule has 0 bridgehead atoms. The number of hydrogen-bond donors (Lipinski definition) is 3. The summed E-state index contributed by atoms with van der Waals surface area (Å²) in [5, 5.41) is 7.53. The van der Waals surface area contributed by atoms with E-state index in [1.807, 2.05) is 0 Å². The molecule has 6 nitrogen and oxygen atoms in total. The van der Waals surface area contributed by atoms with E-state index >= 15 is 0 Å². The highest BCUT2D eigenvalue weighted by molar-refractivity contribution is 5.18. The van der Waals surface area contributed by atoms with E-state index in [0.29, 0.717) is 12.2 Å². The van der Waals surface area contributed by atoms with Crippen molar-refractivity contribution in [2.24, 2.45) is 5.73 Å². The Labute approximate surface area is 76.1 Å². The molecule has 0 unspecified atom stereocenters. The maximum atomic E-state index is 6.04. The zero-order valence-electron chi connectivity index (χ0n) is 7.40. The van der Waals surface area contributed by atoms with E-state index < -0.39 is 0 Å². The highest BCUT2D eigenvalue weighted by Crippen LogP contribution is 2.31. The predicted molar refractivity (Wildman–Crippen MR) is 49.1 cm³/mol. The van der Waals surface area contributed by atoms with Gasteiger partial charge in [-0.1, -0.05) is 0 Å². The Kier molecular flexibility index (Phi) is 1.66. The van der Waals surface area contributed by atoms with Crippen molar-refractivity contribution in [3.8, 4) is 0 Å². The molecule has 0 spiro atoms. The molecule has 0 aliphatic heterocycles. The van der Waals surface area contributed by atoms with Gasteiger partial charge < -0.3 is 17.3 Å². The normalized spacial score (nSPS) is 19.8. The molecule has 0 radical (unpaired) electrons. The molecular weight excluding hydrogens is 168 g/mol. The molecule has 1 saturated carbocycles. The van der Waals surface area contributed by atoms with Gasteiger partial charge in [-0.2, -0.15) is 0 Å². The lowest BCUT2D eigenvalue weighted by Crippen LogP contribution is -2.49. The third-order valence-corrected chi connectivity index (χ3v) is 2.65. The Morgan fingerprint density at radius 1 is 1.38 bits per heavy atom. The first kappa shape index (κ1) is 8.31. The maximum Gasteiger partial charge on any atom is 0.240 e. The van der Waals surface area contributed by atoms with E-state index in [-0.39, 0.29) is 11.5 Å². The van der Waals surface area contributed by atoms with Gasteiger partial charge in [-0.05, 0) is 19.3 Å². The van der Waals surface area contributed by atoms with E-state index in [2.05, 4.69) is 10.2 Å². The van der Waals surface area contributed by atoms with Crippen LogP contribution < -0.4 is 17.3 Å². The van der Waals surface area contributed by atoms with Crippen molar-refractivity contribution >= 4 is 5.95 Å². The monoisotopic (exact) mass is 182 g/mol. The van der Waals surface area contributed by atoms with E-state index in [4.69, 9.17) is 17.3 Å². The molecule has 0 amide bonds. The summed E-state index contributed by atoms with van der Waals surface area (Å²) in [5.41, 5.74) is 11.3. The predicted octanol–water partition coefficient (Wildman–Crippen LogP) is -1.00. The van der Waals surface area contributed by atoms with Gasteiger partial charge in [0.25, 0.3) is 0 Å². The Bertz CT molecular complexity index is 313. The Morgan fingerprint density at radius 3 is 2.46 bits per heavy atom. The van der Waals surface area contributed by atoms with Crippen molar-refractivity contribution < 1.29 is 0 Å². The van der Waals surface area contributed by atoms with Gasteiger partial charge >= 0.3 is 0 Å². The van der Waals surface area contributed by atoms with Gasteiger partial charge in [-0.15, -0.1) is 10.2 Å². The third-order valence-electron chi connectivity index (χ3n) is 2.65. The molecule has 0 saturated heterocycles. The van der Waals surface area contributed by atoms with Gasteiger partial charge in [0.05, 0.1) is 0 Å².